The summed E-state index contributed by atoms with van der Waals surface area (Å²) in [7, 11) is 2.16. The van der Waals surface area contributed by atoms with Crippen LogP contribution in [0.25, 0.3) is 17.1 Å². The Bertz CT molecular complexity index is 1570. The van der Waals surface area contributed by atoms with Crippen LogP contribution in [0.3, 0.4) is 0 Å². The Hall–Kier alpha value is -3.57. The van der Waals surface area contributed by atoms with E-state index in [1.165, 1.54) is 16.6 Å². The molecule has 0 spiro atoms. The van der Waals surface area contributed by atoms with Gasteiger partial charge in [-0.25, -0.2) is 0 Å². The molecule has 5 aromatic rings. The molecule has 6 rings (SSSR count). The van der Waals surface area contributed by atoms with Gasteiger partial charge in [-0.2, -0.15) is 11.2 Å². The second-order valence-electron chi connectivity index (χ2n) is 10.3. The molecule has 6 nitrogen and oxygen atoms in total. The van der Waals surface area contributed by atoms with E-state index in [-0.39, 0.29) is 28.0 Å². The second kappa shape index (κ2) is 10.9. The molecular weight excluding hydrogens is 664 g/mol. The molecule has 0 saturated carbocycles. The molecule has 3 heterocycles. The van der Waals surface area contributed by atoms with Crippen molar-refractivity contribution in [3.8, 4) is 28.6 Å². The van der Waals surface area contributed by atoms with Crippen molar-refractivity contribution in [3.05, 3.63) is 103 Å². The summed E-state index contributed by atoms with van der Waals surface area (Å²) >= 11 is 0. The van der Waals surface area contributed by atoms with Crippen LogP contribution in [0.2, 0.25) is 0 Å². The summed E-state index contributed by atoms with van der Waals surface area (Å²) in [5.74, 6) is 2.91. The fraction of sp³-hybridized carbons (Fsp3) is 0.226. The van der Waals surface area contributed by atoms with Gasteiger partial charge in [-0.05, 0) is 47.2 Å². The third-order valence-electron chi connectivity index (χ3n) is 7.20. The first kappa shape index (κ1) is 27.0. The van der Waals surface area contributed by atoms with Crippen LogP contribution in [-0.2, 0) is 21.1 Å². The van der Waals surface area contributed by atoms with Crippen LogP contribution in [0, 0.1) is 12.1 Å². The number of hydrogen-bond acceptors (Lipinski definition) is 4. The van der Waals surface area contributed by atoms with Crippen LogP contribution in [0.5, 0.6) is 11.5 Å². The standard InChI is InChI=1S/C31H30BN5O.Pt/c1-21(2)26-11-7-12-27(22(3)4)30(26)32-35(5)29-14-13-25(20-28(29)31-33-16-18-36(31)32)38-24-10-6-9-23(19-24)37-17-8-15-34-37;/h6-18,21-22H,1-5H3;/q-2;+2. The van der Waals surface area contributed by atoms with Crippen LogP contribution in [0.15, 0.2) is 79.4 Å². The van der Waals surface area contributed by atoms with Crippen molar-refractivity contribution in [2.24, 2.45) is 0 Å². The maximum Gasteiger partial charge on any atom is 2.00 e. The van der Waals surface area contributed by atoms with Gasteiger partial charge >= 0.3 is 28.0 Å². The first-order valence-electron chi connectivity index (χ1n) is 13.1. The SMILES string of the molecule is CC(C)c1cccc(C(C)C)c1B1N(C)c2ccc(Oc3[c-]c(-n4cccn4)ccc3)[c-]c2-c2nccn21.[Pt+2]. The van der Waals surface area contributed by atoms with Crippen LogP contribution < -0.4 is 15.0 Å². The Labute approximate surface area is 245 Å². The predicted octanol–water partition coefficient (Wildman–Crippen LogP) is 6.07. The van der Waals surface area contributed by atoms with Crippen molar-refractivity contribution >= 4 is 18.1 Å². The average Bonchev–Trinajstić information content (AvgIpc) is 3.62. The molecule has 1 aliphatic heterocycles. The molecule has 0 fully saturated rings. The van der Waals surface area contributed by atoms with Crippen molar-refractivity contribution in [2.45, 2.75) is 39.5 Å². The molecule has 39 heavy (non-hydrogen) atoms. The van der Waals surface area contributed by atoms with Gasteiger partial charge in [0.2, 0.25) is 0 Å². The fourth-order valence-corrected chi connectivity index (χ4v) is 5.41. The van der Waals surface area contributed by atoms with Gasteiger partial charge in [0, 0.05) is 42.1 Å². The molecule has 0 amide bonds. The molecule has 198 valence electrons. The number of aromatic nitrogens is 4. The first-order chi connectivity index (χ1) is 18.4. The molecule has 1 aliphatic rings. The van der Waals surface area contributed by atoms with Crippen molar-refractivity contribution in [1.82, 2.24) is 19.2 Å². The van der Waals surface area contributed by atoms with E-state index in [9.17, 15) is 0 Å². The van der Waals surface area contributed by atoms with E-state index in [1.54, 1.807) is 10.9 Å². The van der Waals surface area contributed by atoms with Gasteiger partial charge in [0.1, 0.15) is 0 Å². The van der Waals surface area contributed by atoms with E-state index >= 15 is 0 Å². The monoisotopic (exact) mass is 694 g/mol. The molecule has 0 unspecified atom stereocenters. The van der Waals surface area contributed by atoms with Gasteiger partial charge in [-0.1, -0.05) is 69.3 Å². The molecule has 8 heteroatoms. The van der Waals surface area contributed by atoms with Crippen LogP contribution >= 0.6 is 0 Å². The Kier molecular flexibility index (Phi) is 7.55. The Morgan fingerprint density at radius 3 is 2.23 bits per heavy atom. The van der Waals surface area contributed by atoms with Crippen molar-refractivity contribution in [1.29, 1.82) is 0 Å². The maximum absolute atomic E-state index is 6.21. The zero-order valence-electron chi connectivity index (χ0n) is 22.7. The molecule has 2 aromatic heterocycles. The van der Waals surface area contributed by atoms with Gasteiger partial charge in [-0.15, -0.1) is 24.3 Å². The summed E-state index contributed by atoms with van der Waals surface area (Å²) in [6, 6.07) is 25.2. The van der Waals surface area contributed by atoms with E-state index in [2.05, 4.69) is 91.7 Å². The Morgan fingerprint density at radius 2 is 1.54 bits per heavy atom. The summed E-state index contributed by atoms with van der Waals surface area (Å²) in [5, 5.41) is 4.29. The summed E-state index contributed by atoms with van der Waals surface area (Å²) in [4.78, 5) is 7.12. The Morgan fingerprint density at radius 1 is 0.821 bits per heavy atom. The maximum atomic E-state index is 6.21. The molecule has 0 atom stereocenters. The number of ether oxygens (including phenoxy) is 1. The number of hydrogen-bond donors (Lipinski definition) is 0. The van der Waals surface area contributed by atoms with E-state index in [4.69, 9.17) is 9.72 Å². The fourth-order valence-electron chi connectivity index (χ4n) is 5.41. The Balaban J connectivity index is 0.00000308. The van der Waals surface area contributed by atoms with Gasteiger partial charge in [0.05, 0.1) is 0 Å². The largest absolute Gasteiger partial charge is 2.00 e. The third-order valence-corrected chi connectivity index (χ3v) is 7.20. The number of nitrogens with zero attached hydrogens (tertiary/aromatic N) is 5. The number of rotatable bonds is 6. The molecular formula is C31H30BN5OPt. The predicted molar refractivity (Wildman–Crippen MR) is 153 cm³/mol. The second-order valence-corrected chi connectivity index (χ2v) is 10.3. The zero-order valence-corrected chi connectivity index (χ0v) is 25.0. The first-order valence-corrected chi connectivity index (χ1v) is 13.1. The normalized spacial score (nSPS) is 12.4. The minimum atomic E-state index is -0.00439. The van der Waals surface area contributed by atoms with Crippen LogP contribution in [-0.4, -0.2) is 33.3 Å². The van der Waals surface area contributed by atoms with E-state index in [0.717, 1.165) is 22.8 Å². The summed E-state index contributed by atoms with van der Waals surface area (Å²) < 4.78 is 10.2. The van der Waals surface area contributed by atoms with Crippen molar-refractivity contribution in [3.63, 3.8) is 0 Å². The van der Waals surface area contributed by atoms with Crippen molar-refractivity contribution < 1.29 is 25.8 Å². The molecule has 0 aliphatic carbocycles. The van der Waals surface area contributed by atoms with Crippen molar-refractivity contribution in [2.75, 3.05) is 11.9 Å². The van der Waals surface area contributed by atoms with E-state index in [0.29, 0.717) is 23.3 Å². The molecule has 0 radical (unpaired) electrons. The smallest absolute Gasteiger partial charge is 0.503 e. The average molecular weight is 695 g/mol. The van der Waals surface area contributed by atoms with E-state index in [1.807, 2.05) is 42.7 Å². The number of imidazole rings is 1. The minimum absolute atomic E-state index is 0. The number of fused-ring (bicyclic) bond motifs is 3. The third kappa shape index (κ3) is 4.85. The number of benzene rings is 3. The van der Waals surface area contributed by atoms with Gasteiger partial charge in [0.15, 0.2) is 0 Å². The topological polar surface area (TPSA) is 48.1 Å². The number of anilines is 1. The van der Waals surface area contributed by atoms with Gasteiger partial charge in [-0.3, -0.25) is 9.67 Å². The van der Waals surface area contributed by atoms with Crippen LogP contribution in [0.1, 0.15) is 50.7 Å². The zero-order chi connectivity index (χ0) is 26.4. The molecule has 0 bridgehead atoms. The van der Waals surface area contributed by atoms with Gasteiger partial charge < -0.3 is 14.0 Å². The molecule has 3 aromatic carbocycles. The van der Waals surface area contributed by atoms with Gasteiger partial charge in [0.25, 0.3) is 0 Å². The summed E-state index contributed by atoms with van der Waals surface area (Å²) in [5.41, 5.74) is 6.90. The minimum Gasteiger partial charge on any atom is -0.503 e. The quantitative estimate of drug-likeness (QED) is 0.160. The van der Waals surface area contributed by atoms with E-state index < -0.39 is 0 Å². The summed E-state index contributed by atoms with van der Waals surface area (Å²) in [6.07, 6.45) is 7.58. The molecule has 0 saturated heterocycles. The molecule has 0 N–H and O–H groups in total. The van der Waals surface area contributed by atoms with Crippen LogP contribution in [0.4, 0.5) is 5.69 Å². The summed E-state index contributed by atoms with van der Waals surface area (Å²) in [6.45, 7) is 9.07.